The van der Waals surface area contributed by atoms with Gasteiger partial charge in [0.05, 0.1) is 11.0 Å². The lowest BCUT2D eigenvalue weighted by Gasteiger charge is -2.32. The minimum atomic E-state index is -0.255. The van der Waals surface area contributed by atoms with Crippen LogP contribution in [0.3, 0.4) is 0 Å². The third-order valence-electron chi connectivity index (χ3n) is 5.35. The van der Waals surface area contributed by atoms with Crippen LogP contribution in [0.15, 0.2) is 59.4 Å². The van der Waals surface area contributed by atoms with E-state index in [9.17, 15) is 9.59 Å². The fourth-order valence-corrected chi connectivity index (χ4v) is 3.86. The van der Waals surface area contributed by atoms with E-state index >= 15 is 0 Å². The molecular formula is C23H25ClN4O2. The molecule has 1 fully saturated rings. The van der Waals surface area contributed by atoms with Gasteiger partial charge in [0.2, 0.25) is 0 Å². The van der Waals surface area contributed by atoms with Gasteiger partial charge in [0, 0.05) is 43.7 Å². The molecule has 1 aromatic heterocycles. The van der Waals surface area contributed by atoms with E-state index in [0.29, 0.717) is 6.54 Å². The van der Waals surface area contributed by atoms with Crippen LogP contribution in [0.1, 0.15) is 24.4 Å². The highest BCUT2D eigenvalue weighted by Crippen LogP contribution is 2.24. The summed E-state index contributed by atoms with van der Waals surface area (Å²) in [5, 5.41) is 2.86. The summed E-state index contributed by atoms with van der Waals surface area (Å²) in [7, 11) is 0. The molecule has 2 N–H and O–H groups in total. The summed E-state index contributed by atoms with van der Waals surface area (Å²) in [6, 6.07) is 17.5. The van der Waals surface area contributed by atoms with E-state index in [1.807, 2.05) is 59.2 Å². The minimum Gasteiger partial charge on any atom is -0.344 e. The summed E-state index contributed by atoms with van der Waals surface area (Å²) in [6.45, 7) is 3.17. The number of para-hydroxylation sites is 2. The Morgan fingerprint density at radius 1 is 1.07 bits per heavy atom. The van der Waals surface area contributed by atoms with E-state index in [-0.39, 0.29) is 30.0 Å². The maximum absolute atomic E-state index is 12.4. The van der Waals surface area contributed by atoms with Crippen molar-refractivity contribution in [2.24, 2.45) is 0 Å². The van der Waals surface area contributed by atoms with Crippen LogP contribution in [-0.2, 0) is 4.79 Å². The number of amides is 1. The minimum absolute atomic E-state index is 0. The van der Waals surface area contributed by atoms with Crippen molar-refractivity contribution in [1.29, 1.82) is 0 Å². The van der Waals surface area contributed by atoms with Crippen molar-refractivity contribution in [3.63, 3.8) is 0 Å². The number of rotatable bonds is 4. The number of halogens is 1. The molecule has 1 amide bonds. The molecule has 4 rings (SSSR count). The predicted octanol–water partition coefficient (Wildman–Crippen LogP) is 2.56. The van der Waals surface area contributed by atoms with Gasteiger partial charge in [0.15, 0.2) is 0 Å². The molecule has 0 saturated carbocycles. The number of imidazole rings is 1. The lowest BCUT2D eigenvalue weighted by molar-refractivity contribution is -0.115. The Kier molecular flexibility index (Phi) is 7.34. The second-order valence-corrected chi connectivity index (χ2v) is 7.26. The summed E-state index contributed by atoms with van der Waals surface area (Å²) in [5.41, 5.74) is 2.66. The monoisotopic (exact) mass is 424 g/mol. The van der Waals surface area contributed by atoms with Crippen LogP contribution in [0.2, 0.25) is 0 Å². The van der Waals surface area contributed by atoms with Crippen molar-refractivity contribution in [2.45, 2.75) is 18.9 Å². The molecule has 1 saturated heterocycles. The zero-order chi connectivity index (χ0) is 20.1. The summed E-state index contributed by atoms with van der Waals surface area (Å²) in [6.07, 6.45) is 1.84. The van der Waals surface area contributed by atoms with Gasteiger partial charge in [-0.05, 0) is 37.1 Å². The number of benzene rings is 2. The van der Waals surface area contributed by atoms with Crippen LogP contribution < -0.4 is 11.0 Å². The number of likely N-dealkylation sites (tertiary alicyclic amines) is 1. The standard InChI is InChI=1S/C23H24N4O2.ClH/c28-22(11-10-18-6-2-1-3-7-18)24-14-17-26-15-12-19(13-16-26)27-21-9-5-4-8-20(21)25-23(27)29;/h1-9,19H,12-17H2,(H,24,28)(H,25,29);1H. The predicted molar refractivity (Wildman–Crippen MR) is 121 cm³/mol. The Morgan fingerprint density at radius 3 is 2.53 bits per heavy atom. The molecule has 0 atom stereocenters. The first kappa shape index (κ1) is 21.7. The van der Waals surface area contributed by atoms with Crippen molar-refractivity contribution in [3.8, 4) is 11.8 Å². The molecule has 3 aromatic rings. The molecule has 6 nitrogen and oxygen atoms in total. The van der Waals surface area contributed by atoms with Gasteiger partial charge in [-0.3, -0.25) is 9.36 Å². The third kappa shape index (κ3) is 5.12. The Balaban J connectivity index is 0.00000256. The molecule has 2 aromatic carbocycles. The van der Waals surface area contributed by atoms with Gasteiger partial charge in [-0.1, -0.05) is 36.3 Å². The fraction of sp³-hybridized carbons (Fsp3) is 0.304. The third-order valence-corrected chi connectivity index (χ3v) is 5.35. The molecule has 2 heterocycles. The van der Waals surface area contributed by atoms with Crippen LogP contribution in [0, 0.1) is 11.8 Å². The molecule has 7 heteroatoms. The van der Waals surface area contributed by atoms with Crippen LogP contribution in [0.4, 0.5) is 0 Å². The Hall–Kier alpha value is -3.01. The van der Waals surface area contributed by atoms with E-state index in [1.54, 1.807) is 0 Å². The van der Waals surface area contributed by atoms with Crippen molar-refractivity contribution in [1.82, 2.24) is 19.8 Å². The second kappa shape index (κ2) is 10.1. The lowest BCUT2D eigenvalue weighted by Crippen LogP contribution is -2.41. The SMILES string of the molecule is Cl.O=C(C#Cc1ccccc1)NCCN1CCC(n2c(=O)[nH]c3ccccc32)CC1. The molecular weight excluding hydrogens is 400 g/mol. The molecule has 0 radical (unpaired) electrons. The molecule has 0 bridgehead atoms. The van der Waals surface area contributed by atoms with Gasteiger partial charge in [0.25, 0.3) is 5.91 Å². The summed E-state index contributed by atoms with van der Waals surface area (Å²) in [5.74, 6) is 5.23. The highest BCUT2D eigenvalue weighted by Gasteiger charge is 2.23. The summed E-state index contributed by atoms with van der Waals surface area (Å²) in [4.78, 5) is 29.5. The summed E-state index contributed by atoms with van der Waals surface area (Å²) >= 11 is 0. The van der Waals surface area contributed by atoms with Crippen molar-refractivity contribution >= 4 is 29.3 Å². The average molecular weight is 425 g/mol. The second-order valence-electron chi connectivity index (χ2n) is 7.26. The topological polar surface area (TPSA) is 70.1 Å². The quantitative estimate of drug-likeness (QED) is 0.632. The van der Waals surface area contributed by atoms with Gasteiger partial charge < -0.3 is 15.2 Å². The number of aromatic amines is 1. The number of aromatic nitrogens is 2. The number of H-pyrrole nitrogens is 1. The van der Waals surface area contributed by atoms with E-state index in [2.05, 4.69) is 27.0 Å². The first-order chi connectivity index (χ1) is 14.2. The van der Waals surface area contributed by atoms with E-state index < -0.39 is 0 Å². The number of carbonyl (C=O) groups excluding carboxylic acids is 1. The van der Waals surface area contributed by atoms with Gasteiger partial charge in [-0.15, -0.1) is 12.4 Å². The largest absolute Gasteiger partial charge is 0.344 e. The maximum atomic E-state index is 12.4. The number of nitrogens with zero attached hydrogens (tertiary/aromatic N) is 2. The highest BCUT2D eigenvalue weighted by molar-refractivity contribution is 5.94. The molecule has 0 aliphatic carbocycles. The molecule has 0 spiro atoms. The van der Waals surface area contributed by atoms with Crippen LogP contribution >= 0.6 is 12.4 Å². The van der Waals surface area contributed by atoms with Gasteiger partial charge >= 0.3 is 5.69 Å². The van der Waals surface area contributed by atoms with Crippen LogP contribution in [-0.4, -0.2) is 46.5 Å². The molecule has 1 aliphatic heterocycles. The average Bonchev–Trinajstić information content (AvgIpc) is 3.09. The fourth-order valence-electron chi connectivity index (χ4n) is 3.86. The molecule has 30 heavy (non-hydrogen) atoms. The smallest absolute Gasteiger partial charge is 0.326 e. The Bertz CT molecular complexity index is 1100. The van der Waals surface area contributed by atoms with Crippen molar-refractivity contribution < 1.29 is 4.79 Å². The van der Waals surface area contributed by atoms with E-state index in [0.717, 1.165) is 49.1 Å². The zero-order valence-corrected chi connectivity index (χ0v) is 17.5. The number of hydrogen-bond donors (Lipinski definition) is 2. The number of nitrogens with one attached hydrogen (secondary N) is 2. The Labute approximate surface area is 181 Å². The lowest BCUT2D eigenvalue weighted by atomic mass is 10.0. The van der Waals surface area contributed by atoms with Gasteiger partial charge in [0.1, 0.15) is 0 Å². The molecule has 0 unspecified atom stereocenters. The highest BCUT2D eigenvalue weighted by atomic mass is 35.5. The van der Waals surface area contributed by atoms with Crippen molar-refractivity contribution in [3.05, 3.63) is 70.6 Å². The summed E-state index contributed by atoms with van der Waals surface area (Å²) < 4.78 is 1.90. The van der Waals surface area contributed by atoms with Gasteiger partial charge in [-0.25, -0.2) is 4.79 Å². The van der Waals surface area contributed by atoms with Crippen LogP contribution in [0.25, 0.3) is 11.0 Å². The number of piperidine rings is 1. The maximum Gasteiger partial charge on any atom is 0.326 e. The zero-order valence-electron chi connectivity index (χ0n) is 16.6. The molecule has 1 aliphatic rings. The Morgan fingerprint density at radius 2 is 1.77 bits per heavy atom. The van der Waals surface area contributed by atoms with E-state index in [4.69, 9.17) is 0 Å². The van der Waals surface area contributed by atoms with E-state index in [1.165, 1.54) is 0 Å². The van der Waals surface area contributed by atoms with Crippen molar-refractivity contribution in [2.75, 3.05) is 26.2 Å². The molecule has 156 valence electrons. The first-order valence-electron chi connectivity index (χ1n) is 9.97. The van der Waals surface area contributed by atoms with Gasteiger partial charge in [-0.2, -0.15) is 0 Å². The number of carbonyl (C=O) groups is 1. The first-order valence-corrected chi connectivity index (χ1v) is 9.97. The number of fused-ring (bicyclic) bond motifs is 1. The number of hydrogen-bond acceptors (Lipinski definition) is 3. The van der Waals surface area contributed by atoms with Crippen LogP contribution in [0.5, 0.6) is 0 Å². The normalized spacial score (nSPS) is 14.5.